The summed E-state index contributed by atoms with van der Waals surface area (Å²) in [4.78, 5) is 29.3. The van der Waals surface area contributed by atoms with E-state index in [9.17, 15) is 22.8 Å². The van der Waals surface area contributed by atoms with Crippen LogP contribution in [0.1, 0.15) is 75.3 Å². The molecule has 3 aromatic carbocycles. The number of ether oxygens (including phenoxy) is 1. The third kappa shape index (κ3) is 20.7. The summed E-state index contributed by atoms with van der Waals surface area (Å²) < 4.78 is 62.0. The number of rotatable bonds is 18. The van der Waals surface area contributed by atoms with Crippen LogP contribution >= 0.6 is 185 Å². The Hall–Kier alpha value is 4.86. The summed E-state index contributed by atoms with van der Waals surface area (Å²) in [6.45, 7) is 15.3. The quantitative estimate of drug-likeness (QED) is 0.0531. The second kappa shape index (κ2) is 32.7. The van der Waals surface area contributed by atoms with Crippen LogP contribution in [-0.2, 0) is 50.1 Å². The predicted molar refractivity (Wildman–Crippen MR) is 385 cm³/mol. The van der Waals surface area contributed by atoms with Gasteiger partial charge in [0.05, 0.1) is 30.3 Å². The molecule has 13 unspecified atom stereocenters. The summed E-state index contributed by atoms with van der Waals surface area (Å²) >= 11 is 3.41. The molecule has 0 aliphatic carbocycles. The van der Waals surface area contributed by atoms with Crippen LogP contribution in [-0.4, -0.2) is 41.3 Å². The average Bonchev–Trinajstić information content (AvgIpc) is 3.88. The maximum absolute atomic E-state index is 13.0. The van der Waals surface area contributed by atoms with Crippen molar-refractivity contribution < 1.29 is 36.4 Å². The highest BCUT2D eigenvalue weighted by molar-refractivity contribution is 9.37. The van der Waals surface area contributed by atoms with Gasteiger partial charge < -0.3 is 23.4 Å². The van der Waals surface area contributed by atoms with Crippen LogP contribution in [0.15, 0.2) is 98.6 Å². The van der Waals surface area contributed by atoms with E-state index in [0.29, 0.717) is 18.7 Å². The van der Waals surface area contributed by atoms with Crippen LogP contribution in [0.3, 0.4) is 0 Å². The fourth-order valence-corrected chi connectivity index (χ4v) is 260. The Morgan fingerprint density at radius 2 is 1.31 bits per heavy atom. The van der Waals surface area contributed by atoms with E-state index in [1.54, 1.807) is 6.92 Å². The number of esters is 1. The highest BCUT2D eigenvalue weighted by Gasteiger charge is 2.52. The maximum Gasteiger partial charge on any atom is 0.494 e. The van der Waals surface area contributed by atoms with Crippen molar-refractivity contribution in [2.24, 2.45) is 0 Å². The van der Waals surface area contributed by atoms with Gasteiger partial charge in [0.25, 0.3) is 5.56 Å². The van der Waals surface area contributed by atoms with E-state index in [4.69, 9.17) is 18.5 Å². The molecule has 0 bridgehead atoms. The minimum absolute atomic E-state index is 0.0296. The van der Waals surface area contributed by atoms with Crippen molar-refractivity contribution in [2.75, 3.05) is 7.11 Å². The van der Waals surface area contributed by atoms with E-state index in [0.717, 1.165) is 51.6 Å². The van der Waals surface area contributed by atoms with E-state index in [1.807, 2.05) is 119 Å². The van der Waals surface area contributed by atoms with Crippen LogP contribution in [0.4, 0.5) is 13.2 Å². The van der Waals surface area contributed by atoms with Crippen LogP contribution in [0, 0.1) is 6.92 Å². The number of aromatic nitrogens is 1. The zero-order chi connectivity index (χ0) is 56.5. The first kappa shape index (κ1) is 72.3. The SMILES string of the molecule is COC(=O)C(C)(C)c1cccc(B2OC(C)(C)C(C)(C)O2)c1.Cc1c(CN(Cc2ccc(Br)cc2)Cc2ccc(C(F)(F)F)o2)c2ccccc2[nH]c1=O.PPP(P(P)P)P(P(P(P)P)P(P)P)P(P(P)P)P(P)P. The number of alkyl halides is 3. The highest BCUT2D eigenvalue weighted by Crippen LogP contribution is 3.31. The minimum Gasteiger partial charge on any atom is -0.468 e. The second-order valence-corrected chi connectivity index (χ2v) is 100. The van der Waals surface area contributed by atoms with Gasteiger partial charge in [0.15, 0.2) is 0 Å². The molecule has 5 aromatic rings. The maximum atomic E-state index is 13.0. The monoisotopic (exact) mass is 1480 g/mol. The number of nitrogens with one attached hydrogen (secondary N) is 1. The molecule has 0 radical (unpaired) electrons. The van der Waals surface area contributed by atoms with Crippen LogP contribution < -0.4 is 11.0 Å². The van der Waals surface area contributed by atoms with E-state index < -0.39 is 24.5 Å². The number of halogens is 4. The van der Waals surface area contributed by atoms with Crippen molar-refractivity contribution in [3.63, 3.8) is 0 Å². The number of carbonyl (C=O) groups is 1. The van der Waals surface area contributed by atoms with Crippen molar-refractivity contribution in [2.45, 2.75) is 90.9 Å². The Morgan fingerprint density at radius 1 is 0.760 bits per heavy atom. The molecule has 34 heteroatoms. The molecule has 0 saturated carbocycles. The second-order valence-electron chi connectivity index (χ2n) is 18.1. The number of benzene rings is 3. The van der Waals surface area contributed by atoms with Gasteiger partial charge in [-0.15, -0.1) is 98.2 Å². The first-order valence-corrected chi connectivity index (χ1v) is 60.5. The van der Waals surface area contributed by atoms with Gasteiger partial charge in [-0.05, 0) is 164 Å². The standard InChI is InChI=1S/C24H20BrF3N2O2.C17H25BO4.H23P21/c1-15-20(19-4-2-3-5-21(19)29-23(15)31)14-30(12-16-6-8-17(25)9-7-16)13-18-10-11-22(32-18)24(26,27)28;1-15(2,14(19)20-7)12-9-8-10-13(11-12)18-21-16(3,4)17(5,6)22-18;1-12-18(13(2)3)21(19(14(4)5)15(6)7)20(16(8)9)17(10)11/h2-11H,12-14H2,1H3,(H,29,31);8-11H,1-7H3;12H,1-11H2. The van der Waals surface area contributed by atoms with Gasteiger partial charge in [-0.3, -0.25) is 14.5 Å². The molecule has 3 heterocycles. The number of carbonyl (C=O) groups excluding carboxylic acids is 1. The van der Waals surface area contributed by atoms with E-state index >= 15 is 0 Å². The fourth-order valence-electron chi connectivity index (χ4n) is 7.16. The molecule has 2 aromatic heterocycles. The molecule has 1 aliphatic rings. The predicted octanol–water partition coefficient (Wildman–Crippen LogP) is 20.8. The van der Waals surface area contributed by atoms with Gasteiger partial charge in [-0.2, -0.15) is 13.2 Å². The Labute approximate surface area is 488 Å². The molecular weight excluding hydrogens is 1410 g/mol. The molecule has 1 fully saturated rings. The molecule has 6 rings (SSSR count). The van der Waals surface area contributed by atoms with E-state index in [2.05, 4.69) is 119 Å². The molecular formula is C41H68BBrF3N2O6P21. The first-order chi connectivity index (χ1) is 34.8. The minimum atomic E-state index is -4.53. The van der Waals surface area contributed by atoms with Gasteiger partial charge >= 0.3 is 19.3 Å². The molecule has 1 N–H and O–H groups in total. The average molecular weight is 1480 g/mol. The molecule has 0 amide bonds. The summed E-state index contributed by atoms with van der Waals surface area (Å²) in [6, 6.07) is 25.3. The van der Waals surface area contributed by atoms with Crippen molar-refractivity contribution in [1.82, 2.24) is 9.88 Å². The van der Waals surface area contributed by atoms with Gasteiger partial charge in [0.2, 0.25) is 5.76 Å². The normalized spacial score (nSPS) is 15.4. The largest absolute Gasteiger partial charge is 0.494 e. The Bertz CT molecular complexity index is 2660. The number of H-pyrrole nitrogens is 1. The third-order valence-electron chi connectivity index (χ3n) is 11.8. The lowest BCUT2D eigenvalue weighted by Gasteiger charge is -2.46. The Kier molecular flexibility index (Phi) is 31.6. The van der Waals surface area contributed by atoms with E-state index in [1.165, 1.54) is 13.2 Å². The van der Waals surface area contributed by atoms with Gasteiger partial charge in [0.1, 0.15) is 5.76 Å². The summed E-state index contributed by atoms with van der Waals surface area (Å²) in [5.41, 5.74) is 3.26. The van der Waals surface area contributed by atoms with Gasteiger partial charge in [-0.25, -0.2) is 0 Å². The van der Waals surface area contributed by atoms with Crippen molar-refractivity contribution in [3.8, 4) is 0 Å². The number of fused-ring (bicyclic) bond motifs is 1. The number of pyridine rings is 1. The van der Waals surface area contributed by atoms with Crippen LogP contribution in [0.2, 0.25) is 0 Å². The fraction of sp³-hybridized carbons (Fsp3) is 0.366. The molecule has 75 heavy (non-hydrogen) atoms. The number of aromatic amines is 1. The summed E-state index contributed by atoms with van der Waals surface area (Å²) in [5.74, 6) is -1.08. The Morgan fingerprint density at radius 3 is 1.79 bits per heavy atom. The molecule has 8 nitrogen and oxygen atoms in total. The highest BCUT2D eigenvalue weighted by atomic mass is 79.9. The zero-order valence-electron chi connectivity index (χ0n) is 42.6. The summed E-state index contributed by atoms with van der Waals surface area (Å²) in [7, 11) is 36.9. The van der Waals surface area contributed by atoms with Crippen molar-refractivity contribution in [3.05, 3.63) is 134 Å². The lowest BCUT2D eigenvalue weighted by molar-refractivity contribution is -0.153. The number of hydrogen-bond acceptors (Lipinski definition) is 7. The number of nitrogens with zero attached hydrogens (tertiary/aromatic N) is 1. The lowest BCUT2D eigenvalue weighted by Crippen LogP contribution is -2.41. The van der Waals surface area contributed by atoms with Gasteiger partial charge in [-0.1, -0.05) is 78.5 Å². The van der Waals surface area contributed by atoms with Crippen molar-refractivity contribution in [1.29, 1.82) is 0 Å². The van der Waals surface area contributed by atoms with Crippen LogP contribution in [0.5, 0.6) is 0 Å². The molecule has 1 saturated heterocycles. The third-order valence-corrected chi connectivity index (χ3v) is 144. The molecule has 414 valence electrons. The summed E-state index contributed by atoms with van der Waals surface area (Å²) in [5, 5.41) is 0.904. The summed E-state index contributed by atoms with van der Waals surface area (Å²) in [6.07, 6.45) is -4.53. The molecule has 13 atom stereocenters. The van der Waals surface area contributed by atoms with Crippen LogP contribution in [0.25, 0.3) is 10.9 Å². The van der Waals surface area contributed by atoms with E-state index in [-0.39, 0.29) is 97.9 Å². The Balaban J connectivity index is 0.000000252. The number of methoxy groups -OCH3 is 1. The topological polar surface area (TPSA) is 94.0 Å². The lowest BCUT2D eigenvalue weighted by atomic mass is 9.75. The first-order valence-electron chi connectivity index (χ1n) is 22.2. The zero-order valence-corrected chi connectivity index (χ0v) is 65.9. The number of para-hydroxylation sites is 1. The molecule has 0 spiro atoms. The van der Waals surface area contributed by atoms with Gasteiger partial charge in [0, 0.05) is 34.0 Å². The number of furan rings is 1. The molecule has 1 aliphatic heterocycles. The van der Waals surface area contributed by atoms with Crippen molar-refractivity contribution >= 4 is 214 Å². The number of hydrogen-bond donors (Lipinski definition) is 1. The smallest absolute Gasteiger partial charge is 0.468 e.